The van der Waals surface area contributed by atoms with Crippen LogP contribution in [0, 0.1) is 0 Å². The molecular formula is C15H21BN4O. The van der Waals surface area contributed by atoms with E-state index in [2.05, 4.69) is 38.8 Å². The van der Waals surface area contributed by atoms with Crippen molar-refractivity contribution in [1.82, 2.24) is 15.6 Å². The van der Waals surface area contributed by atoms with Crippen molar-refractivity contribution < 1.29 is 4.65 Å². The van der Waals surface area contributed by atoms with Gasteiger partial charge in [0.1, 0.15) is 0 Å². The highest BCUT2D eigenvalue weighted by Gasteiger charge is 1.97. The molecule has 5 nitrogen and oxygen atoms in total. The third-order valence-electron chi connectivity index (χ3n) is 3.04. The number of para-hydroxylation sites is 1. The van der Waals surface area contributed by atoms with Gasteiger partial charge in [-0.15, -0.1) is 0 Å². The number of aliphatic imine (C=N–C) groups is 1. The second kappa shape index (κ2) is 9.10. The van der Waals surface area contributed by atoms with Gasteiger partial charge in [0, 0.05) is 31.6 Å². The molecule has 0 unspecified atom stereocenters. The van der Waals surface area contributed by atoms with Crippen LogP contribution in [0.5, 0.6) is 0 Å². The normalized spacial score (nSPS) is 11.2. The number of aromatic nitrogens is 1. The first-order valence-corrected chi connectivity index (χ1v) is 7.17. The molecule has 0 spiro atoms. The maximum absolute atomic E-state index is 4.73. The molecule has 6 heteroatoms. The van der Waals surface area contributed by atoms with Crippen molar-refractivity contribution in [1.29, 1.82) is 0 Å². The highest BCUT2D eigenvalue weighted by molar-refractivity contribution is 6.02. The minimum atomic E-state index is 0.736. The summed E-state index contributed by atoms with van der Waals surface area (Å²) in [6.45, 7) is 4.20. The lowest BCUT2D eigenvalue weighted by atomic mass is 10.2. The van der Waals surface area contributed by atoms with Gasteiger partial charge in [-0.05, 0) is 12.1 Å². The van der Waals surface area contributed by atoms with Crippen LogP contribution >= 0.6 is 0 Å². The van der Waals surface area contributed by atoms with E-state index >= 15 is 0 Å². The predicted octanol–water partition coefficient (Wildman–Crippen LogP) is 0.507. The molecule has 0 aliphatic carbocycles. The Morgan fingerprint density at radius 2 is 1.95 bits per heavy atom. The van der Waals surface area contributed by atoms with Crippen LogP contribution in [0.3, 0.4) is 0 Å². The standard InChI is InChI=1S/C15H21BN4O/c16-21-12-19-10-8-17-7-9-18-11-14-6-5-13-3-1-2-4-15(13)20-14/h1-6,12,17-18H,7-11,16H2. The van der Waals surface area contributed by atoms with Crippen molar-refractivity contribution >= 4 is 25.4 Å². The number of hydrogen-bond donors (Lipinski definition) is 2. The number of nitrogens with one attached hydrogen (secondary N) is 2. The van der Waals surface area contributed by atoms with Crippen molar-refractivity contribution in [3.8, 4) is 0 Å². The quantitative estimate of drug-likeness (QED) is 0.305. The molecule has 0 bridgehead atoms. The first-order chi connectivity index (χ1) is 10.4. The smallest absolute Gasteiger partial charge is 0.323 e. The Balaban J connectivity index is 1.62. The molecule has 0 radical (unpaired) electrons. The predicted molar refractivity (Wildman–Crippen MR) is 89.3 cm³/mol. The molecule has 2 rings (SSSR count). The second-order valence-electron chi connectivity index (χ2n) is 4.67. The van der Waals surface area contributed by atoms with E-state index in [1.54, 1.807) is 8.05 Å². The largest absolute Gasteiger partial charge is 0.560 e. The molecule has 1 heterocycles. The molecule has 0 amide bonds. The van der Waals surface area contributed by atoms with Gasteiger partial charge >= 0.3 is 8.05 Å². The fourth-order valence-corrected chi connectivity index (χ4v) is 2.00. The summed E-state index contributed by atoms with van der Waals surface area (Å²) in [6, 6.07) is 12.4. The highest BCUT2D eigenvalue weighted by atomic mass is 16.4. The summed E-state index contributed by atoms with van der Waals surface area (Å²) in [7, 11) is 1.60. The van der Waals surface area contributed by atoms with E-state index in [4.69, 9.17) is 4.65 Å². The van der Waals surface area contributed by atoms with Crippen molar-refractivity contribution in [2.24, 2.45) is 4.99 Å². The second-order valence-corrected chi connectivity index (χ2v) is 4.67. The maximum Gasteiger partial charge on any atom is 0.323 e. The van der Waals surface area contributed by atoms with Crippen molar-refractivity contribution in [3.63, 3.8) is 0 Å². The molecular weight excluding hydrogens is 263 g/mol. The van der Waals surface area contributed by atoms with E-state index in [1.807, 2.05) is 18.2 Å². The lowest BCUT2D eigenvalue weighted by molar-refractivity contribution is 0.603. The van der Waals surface area contributed by atoms with Gasteiger partial charge in [0.05, 0.1) is 17.8 Å². The van der Waals surface area contributed by atoms with Gasteiger partial charge in [0.25, 0.3) is 0 Å². The molecule has 0 atom stereocenters. The van der Waals surface area contributed by atoms with E-state index in [9.17, 15) is 0 Å². The van der Waals surface area contributed by atoms with Gasteiger partial charge in [0.2, 0.25) is 0 Å². The molecule has 0 aliphatic rings. The van der Waals surface area contributed by atoms with Gasteiger partial charge in [-0.1, -0.05) is 24.3 Å². The minimum Gasteiger partial charge on any atom is -0.560 e. The first-order valence-electron chi connectivity index (χ1n) is 7.17. The molecule has 1 aromatic heterocycles. The Bertz CT molecular complexity index is 576. The van der Waals surface area contributed by atoms with Gasteiger partial charge in [-0.25, -0.2) is 0 Å². The summed E-state index contributed by atoms with van der Waals surface area (Å²) in [4.78, 5) is 8.67. The average Bonchev–Trinajstić information content (AvgIpc) is 2.53. The van der Waals surface area contributed by atoms with Crippen molar-refractivity contribution in [3.05, 3.63) is 42.1 Å². The number of benzene rings is 1. The molecule has 2 N–H and O–H groups in total. The fraction of sp³-hybridized carbons (Fsp3) is 0.333. The molecule has 110 valence electrons. The summed E-state index contributed by atoms with van der Waals surface area (Å²) in [6.07, 6.45) is 1.46. The van der Waals surface area contributed by atoms with Crippen LogP contribution in [0.4, 0.5) is 0 Å². The maximum atomic E-state index is 4.73. The Morgan fingerprint density at radius 1 is 1.10 bits per heavy atom. The Kier molecular flexibility index (Phi) is 6.71. The summed E-state index contributed by atoms with van der Waals surface area (Å²) in [5.74, 6) is 0. The zero-order valence-corrected chi connectivity index (χ0v) is 12.4. The first kappa shape index (κ1) is 15.5. The van der Waals surface area contributed by atoms with Crippen LogP contribution < -0.4 is 10.6 Å². The van der Waals surface area contributed by atoms with E-state index < -0.39 is 0 Å². The molecule has 2 aromatic rings. The Hall–Kier alpha value is -1.92. The number of rotatable bonds is 9. The van der Waals surface area contributed by atoms with Crippen LogP contribution in [-0.2, 0) is 11.2 Å². The monoisotopic (exact) mass is 284 g/mol. The lowest BCUT2D eigenvalue weighted by Gasteiger charge is -2.06. The van der Waals surface area contributed by atoms with Gasteiger partial charge < -0.3 is 15.3 Å². The van der Waals surface area contributed by atoms with Gasteiger partial charge in [-0.3, -0.25) is 9.98 Å². The summed E-state index contributed by atoms with van der Waals surface area (Å²) >= 11 is 0. The molecule has 1 aromatic carbocycles. The molecule has 0 saturated carbocycles. The lowest BCUT2D eigenvalue weighted by Crippen LogP contribution is -2.28. The van der Waals surface area contributed by atoms with Crippen LogP contribution in [0.1, 0.15) is 5.69 Å². The Labute approximate surface area is 126 Å². The van der Waals surface area contributed by atoms with E-state index in [0.717, 1.165) is 43.9 Å². The summed E-state index contributed by atoms with van der Waals surface area (Å²) in [5, 5.41) is 7.87. The molecule has 0 fully saturated rings. The third kappa shape index (κ3) is 5.53. The number of hydrogen-bond acceptors (Lipinski definition) is 5. The zero-order valence-electron chi connectivity index (χ0n) is 12.4. The fourth-order valence-electron chi connectivity index (χ4n) is 2.00. The molecule has 21 heavy (non-hydrogen) atoms. The van der Waals surface area contributed by atoms with Gasteiger partial charge in [-0.2, -0.15) is 0 Å². The van der Waals surface area contributed by atoms with E-state index in [0.29, 0.717) is 0 Å². The average molecular weight is 284 g/mol. The van der Waals surface area contributed by atoms with E-state index in [1.165, 1.54) is 11.8 Å². The number of nitrogens with zero attached hydrogens (tertiary/aromatic N) is 2. The summed E-state index contributed by atoms with van der Waals surface area (Å²) in [5.41, 5.74) is 2.12. The van der Waals surface area contributed by atoms with E-state index in [-0.39, 0.29) is 0 Å². The topological polar surface area (TPSA) is 58.5 Å². The third-order valence-corrected chi connectivity index (χ3v) is 3.04. The zero-order chi connectivity index (χ0) is 14.8. The summed E-state index contributed by atoms with van der Waals surface area (Å²) < 4.78 is 4.73. The van der Waals surface area contributed by atoms with Crippen LogP contribution in [0.2, 0.25) is 0 Å². The number of fused-ring (bicyclic) bond motifs is 1. The van der Waals surface area contributed by atoms with Crippen molar-refractivity contribution in [2.45, 2.75) is 6.54 Å². The molecule has 0 aliphatic heterocycles. The van der Waals surface area contributed by atoms with Crippen LogP contribution in [0.25, 0.3) is 10.9 Å². The minimum absolute atomic E-state index is 0.736. The number of pyridine rings is 1. The van der Waals surface area contributed by atoms with Crippen molar-refractivity contribution in [2.75, 3.05) is 26.2 Å². The molecule has 0 saturated heterocycles. The highest BCUT2D eigenvalue weighted by Crippen LogP contribution is 2.11. The van der Waals surface area contributed by atoms with Gasteiger partial charge in [0.15, 0.2) is 6.40 Å². The van der Waals surface area contributed by atoms with Crippen LogP contribution in [0.15, 0.2) is 41.4 Å². The Morgan fingerprint density at radius 3 is 2.86 bits per heavy atom. The SMILES string of the molecule is BOC=NCCNCCNCc1ccc2ccccc2n1. The van der Waals surface area contributed by atoms with Crippen LogP contribution in [-0.4, -0.2) is 45.6 Å².